The van der Waals surface area contributed by atoms with Crippen molar-refractivity contribution >= 4 is 5.82 Å². The molecule has 1 aliphatic rings. The SMILES string of the molecule is COc1ccc(C2C(C#N)=C(N)Oc3c2c(N)nn3-c2ccccc2)cc1. The van der Waals surface area contributed by atoms with E-state index in [1.807, 2.05) is 54.6 Å². The lowest BCUT2D eigenvalue weighted by molar-refractivity contribution is 0.367. The third kappa shape index (κ3) is 2.64. The number of ether oxygens (including phenoxy) is 2. The zero-order valence-corrected chi connectivity index (χ0v) is 14.6. The molecule has 4 N–H and O–H groups in total. The summed E-state index contributed by atoms with van der Waals surface area (Å²) in [4.78, 5) is 0. The second-order valence-corrected chi connectivity index (χ2v) is 6.05. The van der Waals surface area contributed by atoms with Gasteiger partial charge in [-0.3, -0.25) is 0 Å². The summed E-state index contributed by atoms with van der Waals surface area (Å²) >= 11 is 0. The van der Waals surface area contributed by atoms with Crippen molar-refractivity contribution in [2.45, 2.75) is 5.92 Å². The number of methoxy groups -OCH3 is 1. The van der Waals surface area contributed by atoms with Crippen LogP contribution < -0.4 is 20.9 Å². The molecule has 1 unspecified atom stereocenters. The van der Waals surface area contributed by atoms with Crippen LogP contribution in [0.25, 0.3) is 5.69 Å². The zero-order chi connectivity index (χ0) is 19.0. The molecule has 27 heavy (non-hydrogen) atoms. The van der Waals surface area contributed by atoms with Crippen LogP contribution in [0.5, 0.6) is 11.6 Å². The average molecular weight is 359 g/mol. The van der Waals surface area contributed by atoms with Gasteiger partial charge in [0.1, 0.15) is 17.4 Å². The van der Waals surface area contributed by atoms with Crippen molar-refractivity contribution in [1.82, 2.24) is 9.78 Å². The van der Waals surface area contributed by atoms with Crippen LogP contribution in [0.3, 0.4) is 0 Å². The van der Waals surface area contributed by atoms with E-state index in [0.717, 1.165) is 17.0 Å². The fourth-order valence-electron chi connectivity index (χ4n) is 3.24. The molecular formula is C20H17N5O2. The van der Waals surface area contributed by atoms with Gasteiger partial charge in [0.05, 0.1) is 24.3 Å². The van der Waals surface area contributed by atoms with Crippen LogP contribution in [0.2, 0.25) is 0 Å². The van der Waals surface area contributed by atoms with Gasteiger partial charge in [-0.15, -0.1) is 5.10 Å². The van der Waals surface area contributed by atoms with Gasteiger partial charge >= 0.3 is 0 Å². The van der Waals surface area contributed by atoms with Gasteiger partial charge in [-0.05, 0) is 29.8 Å². The number of benzene rings is 2. The summed E-state index contributed by atoms with van der Waals surface area (Å²) in [5.74, 6) is 0.991. The molecule has 0 saturated carbocycles. The minimum absolute atomic E-state index is 0.0444. The van der Waals surface area contributed by atoms with E-state index < -0.39 is 5.92 Å². The van der Waals surface area contributed by atoms with Crippen molar-refractivity contribution in [3.8, 4) is 23.4 Å². The molecule has 7 nitrogen and oxygen atoms in total. The lowest BCUT2D eigenvalue weighted by Gasteiger charge is -2.24. The molecule has 1 aromatic heterocycles. The maximum atomic E-state index is 9.67. The number of fused-ring (bicyclic) bond motifs is 1. The van der Waals surface area contributed by atoms with E-state index in [-0.39, 0.29) is 11.7 Å². The molecule has 1 aliphatic heterocycles. The van der Waals surface area contributed by atoms with Crippen molar-refractivity contribution in [2.75, 3.05) is 12.8 Å². The molecule has 2 aromatic carbocycles. The number of anilines is 1. The number of nitrogens with zero attached hydrogens (tertiary/aromatic N) is 3. The lowest BCUT2D eigenvalue weighted by atomic mass is 9.85. The molecule has 3 aromatic rings. The van der Waals surface area contributed by atoms with Gasteiger partial charge in [0.15, 0.2) is 5.82 Å². The molecule has 0 radical (unpaired) electrons. The van der Waals surface area contributed by atoms with Crippen LogP contribution in [0, 0.1) is 11.3 Å². The van der Waals surface area contributed by atoms with Crippen LogP contribution in [0.1, 0.15) is 17.0 Å². The molecule has 0 spiro atoms. The summed E-state index contributed by atoms with van der Waals surface area (Å²) < 4.78 is 12.6. The zero-order valence-electron chi connectivity index (χ0n) is 14.6. The Kier molecular flexibility index (Phi) is 3.94. The predicted octanol–water partition coefficient (Wildman–Crippen LogP) is 2.68. The molecule has 0 amide bonds. The van der Waals surface area contributed by atoms with Crippen molar-refractivity contribution < 1.29 is 9.47 Å². The first-order chi connectivity index (χ1) is 13.1. The van der Waals surface area contributed by atoms with Gasteiger partial charge in [-0.25, -0.2) is 0 Å². The number of hydrogen-bond acceptors (Lipinski definition) is 6. The van der Waals surface area contributed by atoms with Crippen molar-refractivity contribution in [3.05, 3.63) is 77.2 Å². The number of nitriles is 1. The number of hydrogen-bond donors (Lipinski definition) is 2. The highest BCUT2D eigenvalue weighted by molar-refractivity contribution is 5.63. The minimum atomic E-state index is -0.470. The van der Waals surface area contributed by atoms with Gasteiger partial charge in [0.2, 0.25) is 11.8 Å². The van der Waals surface area contributed by atoms with Crippen LogP contribution >= 0.6 is 0 Å². The molecule has 1 atom stereocenters. The van der Waals surface area contributed by atoms with E-state index in [0.29, 0.717) is 17.0 Å². The van der Waals surface area contributed by atoms with Crippen molar-refractivity contribution in [1.29, 1.82) is 5.26 Å². The summed E-state index contributed by atoms with van der Waals surface area (Å²) in [6, 6.07) is 19.0. The summed E-state index contributed by atoms with van der Waals surface area (Å²) in [7, 11) is 1.60. The minimum Gasteiger partial charge on any atom is -0.497 e. The Hall–Kier alpha value is -3.92. The highest BCUT2D eigenvalue weighted by Gasteiger charge is 2.36. The van der Waals surface area contributed by atoms with Crippen molar-refractivity contribution in [3.63, 3.8) is 0 Å². The highest BCUT2D eigenvalue weighted by Crippen LogP contribution is 2.45. The Morgan fingerprint density at radius 2 is 1.81 bits per heavy atom. The first-order valence-corrected chi connectivity index (χ1v) is 8.29. The Balaban J connectivity index is 1.92. The Labute approximate surface area is 156 Å². The second kappa shape index (κ2) is 6.42. The van der Waals surface area contributed by atoms with Gasteiger partial charge < -0.3 is 20.9 Å². The first-order valence-electron chi connectivity index (χ1n) is 8.29. The van der Waals surface area contributed by atoms with E-state index >= 15 is 0 Å². The second-order valence-electron chi connectivity index (χ2n) is 6.05. The normalized spacial score (nSPS) is 15.6. The largest absolute Gasteiger partial charge is 0.497 e. The number of rotatable bonds is 3. The van der Waals surface area contributed by atoms with Crippen LogP contribution in [0.4, 0.5) is 5.82 Å². The van der Waals surface area contributed by atoms with Crippen LogP contribution in [0.15, 0.2) is 66.1 Å². The predicted molar refractivity (Wildman–Crippen MR) is 100 cm³/mol. The number of para-hydroxylation sites is 1. The molecule has 134 valence electrons. The molecule has 4 rings (SSSR count). The van der Waals surface area contributed by atoms with E-state index in [1.54, 1.807) is 11.8 Å². The van der Waals surface area contributed by atoms with E-state index in [2.05, 4.69) is 11.2 Å². The Morgan fingerprint density at radius 3 is 2.44 bits per heavy atom. The average Bonchev–Trinajstić information content (AvgIpc) is 3.03. The smallest absolute Gasteiger partial charge is 0.231 e. The third-order valence-corrected chi connectivity index (χ3v) is 4.53. The monoisotopic (exact) mass is 359 g/mol. The number of allylic oxidation sites excluding steroid dienone is 1. The summed E-state index contributed by atoms with van der Waals surface area (Å²) in [5, 5.41) is 14.1. The highest BCUT2D eigenvalue weighted by atomic mass is 16.5. The Bertz CT molecular complexity index is 1060. The topological polar surface area (TPSA) is 112 Å². The van der Waals surface area contributed by atoms with Gasteiger partial charge in [-0.2, -0.15) is 9.94 Å². The standard InChI is InChI=1S/C20H17N5O2/c1-26-14-9-7-12(8-10-14)16-15(11-21)19(23)27-20-17(16)18(22)24-25(20)13-5-3-2-4-6-13/h2-10,16H,23H2,1H3,(H2,22,24). The molecule has 0 bridgehead atoms. The molecule has 0 aliphatic carbocycles. The first kappa shape index (κ1) is 16.5. The maximum absolute atomic E-state index is 9.67. The number of nitrogens with two attached hydrogens (primary N) is 2. The van der Waals surface area contributed by atoms with Gasteiger partial charge in [0.25, 0.3) is 0 Å². The molecule has 2 heterocycles. The van der Waals surface area contributed by atoms with E-state index in [1.165, 1.54) is 0 Å². The van der Waals surface area contributed by atoms with Gasteiger partial charge in [-0.1, -0.05) is 30.3 Å². The molecule has 0 saturated heterocycles. The van der Waals surface area contributed by atoms with E-state index in [9.17, 15) is 5.26 Å². The van der Waals surface area contributed by atoms with Crippen LogP contribution in [-0.2, 0) is 0 Å². The maximum Gasteiger partial charge on any atom is 0.231 e. The molecular weight excluding hydrogens is 342 g/mol. The fraction of sp³-hybridized carbons (Fsp3) is 0.100. The number of aromatic nitrogens is 2. The lowest BCUT2D eigenvalue weighted by Crippen LogP contribution is -2.22. The Morgan fingerprint density at radius 1 is 1.11 bits per heavy atom. The third-order valence-electron chi connectivity index (χ3n) is 4.53. The van der Waals surface area contributed by atoms with Crippen molar-refractivity contribution in [2.24, 2.45) is 5.73 Å². The molecule has 0 fully saturated rings. The summed E-state index contributed by atoms with van der Waals surface area (Å²) in [5.41, 5.74) is 14.9. The quantitative estimate of drug-likeness (QED) is 0.743. The summed E-state index contributed by atoms with van der Waals surface area (Å²) in [6.07, 6.45) is 0. The fourth-order valence-corrected chi connectivity index (χ4v) is 3.24. The van der Waals surface area contributed by atoms with Gasteiger partial charge in [0, 0.05) is 0 Å². The number of nitrogen functional groups attached to an aromatic ring is 1. The van der Waals surface area contributed by atoms with Crippen LogP contribution in [-0.4, -0.2) is 16.9 Å². The van der Waals surface area contributed by atoms with E-state index in [4.69, 9.17) is 20.9 Å². The summed E-state index contributed by atoms with van der Waals surface area (Å²) in [6.45, 7) is 0. The molecule has 7 heteroatoms.